The van der Waals surface area contributed by atoms with Gasteiger partial charge in [0.2, 0.25) is 0 Å². The molecular formula is C38H66N4O6. The van der Waals surface area contributed by atoms with Gasteiger partial charge in [-0.2, -0.15) is 0 Å². The third-order valence-electron chi connectivity index (χ3n) is 14.8. The Kier molecular flexibility index (Phi) is 11.2. The largest absolute Gasteiger partial charge is 0.469 e. The van der Waals surface area contributed by atoms with Crippen LogP contribution >= 0.6 is 0 Å². The van der Waals surface area contributed by atoms with E-state index in [0.29, 0.717) is 60.4 Å². The SMILES string of the molecule is CCOC(C)C1C2CC3NC(CC4NC5C(C4C)C(O)C(C(=O)OC)C5C4NC(CC(N2)C1C)C(C)C4CCOC(C)=O)C(CC)C3C. The average molecular weight is 675 g/mol. The lowest BCUT2D eigenvalue weighted by Crippen LogP contribution is -2.52. The molecule has 20 unspecified atom stereocenters. The van der Waals surface area contributed by atoms with Crippen molar-refractivity contribution in [2.75, 3.05) is 20.3 Å². The van der Waals surface area contributed by atoms with E-state index in [4.69, 9.17) is 14.2 Å². The number of carbonyl (C=O) groups is 2. The Hall–Kier alpha value is -1.30. The Morgan fingerprint density at radius 3 is 2.02 bits per heavy atom. The maximum atomic E-state index is 13.6. The maximum Gasteiger partial charge on any atom is 0.311 e. The first kappa shape index (κ1) is 36.5. The minimum atomic E-state index is -0.771. The standard InChI is InChI=1S/C38H66N4O6/c1-10-23-17(3)25-16-30-31(21(7)47-11-2)19(5)27(40-30)14-26-18(4)24(12-13-48-22(8)43)35(41-26)33-34(38(45)46-9)37(44)32-20(6)28(42-36(32)33)15-29(23)39-25/h17-21,23-37,39-42,44H,10-16H2,1-9H3. The molecule has 5 heterocycles. The lowest BCUT2D eigenvalue weighted by molar-refractivity contribution is -0.151. The van der Waals surface area contributed by atoms with E-state index in [1.54, 1.807) is 0 Å². The van der Waals surface area contributed by atoms with Crippen LogP contribution in [0, 0.1) is 59.2 Å². The first-order chi connectivity index (χ1) is 22.9. The Balaban J connectivity index is 1.40. The van der Waals surface area contributed by atoms with E-state index in [1.807, 2.05) is 0 Å². The second-order valence-electron chi connectivity index (χ2n) is 16.8. The molecule has 1 saturated carbocycles. The molecule has 6 fully saturated rings. The molecule has 0 spiro atoms. The van der Waals surface area contributed by atoms with E-state index < -0.39 is 12.0 Å². The van der Waals surface area contributed by atoms with Crippen LogP contribution < -0.4 is 21.3 Å². The first-order valence-corrected chi connectivity index (χ1v) is 19.5. The average Bonchev–Trinajstić information content (AvgIpc) is 3.78. The zero-order valence-corrected chi connectivity index (χ0v) is 31.0. The van der Waals surface area contributed by atoms with Gasteiger partial charge in [0.1, 0.15) is 0 Å². The molecule has 10 heteroatoms. The van der Waals surface area contributed by atoms with Crippen LogP contribution in [-0.4, -0.2) is 97.9 Å². The van der Waals surface area contributed by atoms with Crippen molar-refractivity contribution in [3.05, 3.63) is 0 Å². The maximum absolute atomic E-state index is 13.6. The molecule has 8 bridgehead atoms. The van der Waals surface area contributed by atoms with Gasteiger partial charge in [0, 0.05) is 79.6 Å². The molecule has 274 valence electrons. The highest BCUT2D eigenvalue weighted by Gasteiger charge is 2.64. The van der Waals surface area contributed by atoms with E-state index in [1.165, 1.54) is 14.0 Å². The summed E-state index contributed by atoms with van der Waals surface area (Å²) in [4.78, 5) is 25.4. The van der Waals surface area contributed by atoms with E-state index >= 15 is 0 Å². The number of esters is 2. The summed E-state index contributed by atoms with van der Waals surface area (Å²) < 4.78 is 17.2. The van der Waals surface area contributed by atoms with Gasteiger partial charge in [-0.15, -0.1) is 0 Å². The van der Waals surface area contributed by atoms with Crippen LogP contribution in [0.15, 0.2) is 0 Å². The summed E-state index contributed by atoms with van der Waals surface area (Å²) in [5.74, 6) is 1.35. The second kappa shape index (κ2) is 14.7. The summed E-state index contributed by atoms with van der Waals surface area (Å²) in [6.07, 6.45) is 4.34. The van der Waals surface area contributed by atoms with E-state index in [-0.39, 0.29) is 65.9 Å². The van der Waals surface area contributed by atoms with Gasteiger partial charge in [0.05, 0.1) is 31.8 Å². The van der Waals surface area contributed by atoms with Gasteiger partial charge < -0.3 is 40.6 Å². The van der Waals surface area contributed by atoms with Gasteiger partial charge in [0.15, 0.2) is 0 Å². The number of hydrogen-bond acceptors (Lipinski definition) is 10. The molecule has 48 heavy (non-hydrogen) atoms. The first-order valence-electron chi connectivity index (χ1n) is 19.5. The monoisotopic (exact) mass is 674 g/mol. The minimum absolute atomic E-state index is 0.00397. The molecular weight excluding hydrogens is 608 g/mol. The molecule has 1 aliphatic carbocycles. The summed E-state index contributed by atoms with van der Waals surface area (Å²) in [6.45, 7) is 18.7. The lowest BCUT2D eigenvalue weighted by Gasteiger charge is -2.35. The van der Waals surface area contributed by atoms with Crippen molar-refractivity contribution >= 4 is 11.9 Å². The lowest BCUT2D eigenvalue weighted by atomic mass is 9.75. The van der Waals surface area contributed by atoms with Crippen molar-refractivity contribution in [3.63, 3.8) is 0 Å². The topological polar surface area (TPSA) is 130 Å². The molecule has 6 aliphatic rings. The van der Waals surface area contributed by atoms with Gasteiger partial charge in [-0.25, -0.2) is 0 Å². The molecule has 0 amide bonds. The van der Waals surface area contributed by atoms with Gasteiger partial charge in [-0.1, -0.05) is 41.0 Å². The van der Waals surface area contributed by atoms with E-state index in [9.17, 15) is 14.7 Å². The Morgan fingerprint density at radius 2 is 1.35 bits per heavy atom. The quantitative estimate of drug-likeness (QED) is 0.245. The number of fused-ring (bicyclic) bond motifs is 8. The van der Waals surface area contributed by atoms with Crippen LogP contribution in [0.2, 0.25) is 0 Å². The predicted octanol–water partition coefficient (Wildman–Crippen LogP) is 3.11. The highest BCUT2D eigenvalue weighted by atomic mass is 16.5. The molecule has 0 aromatic rings. The number of aliphatic hydroxyl groups is 1. The van der Waals surface area contributed by atoms with Crippen LogP contribution in [0.3, 0.4) is 0 Å². The highest BCUT2D eigenvalue weighted by Crippen LogP contribution is 2.53. The van der Waals surface area contributed by atoms with E-state index in [2.05, 4.69) is 69.7 Å². The third-order valence-corrected chi connectivity index (χ3v) is 14.8. The number of methoxy groups -OCH3 is 1. The van der Waals surface area contributed by atoms with Crippen LogP contribution in [0.4, 0.5) is 0 Å². The molecule has 5 N–H and O–H groups in total. The van der Waals surface area contributed by atoms with Gasteiger partial charge in [-0.05, 0) is 75.0 Å². The number of aliphatic hydroxyl groups excluding tert-OH is 1. The molecule has 10 nitrogen and oxygen atoms in total. The zero-order chi connectivity index (χ0) is 34.6. The highest BCUT2D eigenvalue weighted by molar-refractivity contribution is 5.74. The predicted molar refractivity (Wildman–Crippen MR) is 185 cm³/mol. The fourth-order valence-corrected chi connectivity index (χ4v) is 12.5. The summed E-state index contributed by atoms with van der Waals surface area (Å²) in [7, 11) is 1.45. The van der Waals surface area contributed by atoms with Crippen molar-refractivity contribution in [1.29, 1.82) is 0 Å². The Bertz CT molecular complexity index is 1140. The molecule has 0 aromatic heterocycles. The summed E-state index contributed by atoms with van der Waals surface area (Å²) in [5, 5.41) is 28.5. The minimum Gasteiger partial charge on any atom is -0.469 e. The van der Waals surface area contributed by atoms with E-state index in [0.717, 1.165) is 38.7 Å². The summed E-state index contributed by atoms with van der Waals surface area (Å²) >= 11 is 0. The van der Waals surface area contributed by atoms with Crippen LogP contribution in [0.5, 0.6) is 0 Å². The number of hydrogen-bond donors (Lipinski definition) is 5. The van der Waals surface area contributed by atoms with Crippen molar-refractivity contribution < 1.29 is 28.9 Å². The number of ether oxygens (including phenoxy) is 3. The normalized spacial score (nSPS) is 50.4. The number of rotatable bonds is 8. The van der Waals surface area contributed by atoms with Crippen molar-refractivity contribution in [2.45, 2.75) is 148 Å². The fourth-order valence-electron chi connectivity index (χ4n) is 12.5. The smallest absolute Gasteiger partial charge is 0.311 e. The third kappa shape index (κ3) is 6.38. The number of carbonyl (C=O) groups excluding carboxylic acids is 2. The summed E-state index contributed by atoms with van der Waals surface area (Å²) in [6, 6.07) is 1.96. The van der Waals surface area contributed by atoms with Gasteiger partial charge in [-0.3, -0.25) is 9.59 Å². The van der Waals surface area contributed by atoms with Crippen LogP contribution in [0.25, 0.3) is 0 Å². The fraction of sp³-hybridized carbons (Fsp3) is 0.947. The van der Waals surface area contributed by atoms with Crippen molar-refractivity contribution in [3.8, 4) is 0 Å². The van der Waals surface area contributed by atoms with Crippen molar-refractivity contribution in [2.24, 2.45) is 59.2 Å². The van der Waals surface area contributed by atoms with Crippen LogP contribution in [-0.2, 0) is 23.8 Å². The zero-order valence-electron chi connectivity index (χ0n) is 31.0. The molecule has 6 rings (SSSR count). The molecule has 20 atom stereocenters. The molecule has 0 radical (unpaired) electrons. The Labute approximate surface area is 289 Å². The van der Waals surface area contributed by atoms with Crippen molar-refractivity contribution in [1.82, 2.24) is 21.3 Å². The van der Waals surface area contributed by atoms with Crippen LogP contribution in [0.1, 0.15) is 87.5 Å². The molecule has 5 saturated heterocycles. The summed E-state index contributed by atoms with van der Waals surface area (Å²) in [5.41, 5.74) is 0. The van der Waals surface area contributed by atoms with Gasteiger partial charge in [0.25, 0.3) is 0 Å². The number of nitrogens with one attached hydrogen (secondary N) is 4. The molecule has 5 aliphatic heterocycles. The Morgan fingerprint density at radius 1 is 0.771 bits per heavy atom. The van der Waals surface area contributed by atoms with Gasteiger partial charge >= 0.3 is 11.9 Å². The molecule has 0 aromatic carbocycles. The second-order valence-corrected chi connectivity index (χ2v) is 16.8.